The molecule has 1 saturated heterocycles. The molecule has 0 radical (unpaired) electrons. The standard InChI is InChI=1S/C17H18BrNO2/c1-19-7-6-17-10-3-5-13(20)16(17)21-15-11(18)4-2-9(14(15)17)8-12(10)19/h2,4,10,12,16H,3,5-8H2,1H3/t10-,12+,16?,17-/m0/s1. The lowest BCUT2D eigenvalue weighted by Crippen LogP contribution is -2.65. The van der Waals surface area contributed by atoms with Crippen LogP contribution < -0.4 is 4.74 Å². The number of likely N-dealkylation sites (tertiary alicyclic amines) is 1. The van der Waals surface area contributed by atoms with Gasteiger partial charge in [0, 0.05) is 23.4 Å². The van der Waals surface area contributed by atoms with E-state index in [1.165, 1.54) is 11.1 Å². The molecule has 2 aliphatic heterocycles. The highest BCUT2D eigenvalue weighted by atomic mass is 79.9. The second-order valence-electron chi connectivity index (χ2n) is 7.06. The summed E-state index contributed by atoms with van der Waals surface area (Å²) in [5, 5.41) is 0. The van der Waals surface area contributed by atoms with Crippen molar-refractivity contribution >= 4 is 21.7 Å². The van der Waals surface area contributed by atoms with Crippen molar-refractivity contribution in [2.75, 3.05) is 13.6 Å². The van der Waals surface area contributed by atoms with Gasteiger partial charge in [0.1, 0.15) is 5.75 Å². The van der Waals surface area contributed by atoms with E-state index < -0.39 is 0 Å². The van der Waals surface area contributed by atoms with E-state index >= 15 is 0 Å². The first kappa shape index (κ1) is 12.7. The maximum absolute atomic E-state index is 12.6. The highest BCUT2D eigenvalue weighted by molar-refractivity contribution is 9.10. The van der Waals surface area contributed by atoms with Crippen LogP contribution >= 0.6 is 15.9 Å². The summed E-state index contributed by atoms with van der Waals surface area (Å²) in [5.74, 6) is 1.84. The van der Waals surface area contributed by atoms with E-state index in [1.807, 2.05) is 0 Å². The Hall–Kier alpha value is -0.870. The molecule has 4 atom stereocenters. The van der Waals surface area contributed by atoms with Crippen LogP contribution in [0, 0.1) is 5.92 Å². The molecule has 4 aliphatic rings. The van der Waals surface area contributed by atoms with Crippen molar-refractivity contribution in [1.82, 2.24) is 4.90 Å². The summed E-state index contributed by atoms with van der Waals surface area (Å²) in [4.78, 5) is 15.1. The molecule has 1 saturated carbocycles. The van der Waals surface area contributed by atoms with Crippen LogP contribution in [0.3, 0.4) is 0 Å². The molecule has 1 aromatic rings. The van der Waals surface area contributed by atoms with Crippen molar-refractivity contribution in [3.05, 3.63) is 27.7 Å². The van der Waals surface area contributed by atoms with Gasteiger partial charge in [-0.05, 0) is 66.3 Å². The fraction of sp³-hybridized carbons (Fsp3) is 0.588. The first-order valence-corrected chi connectivity index (χ1v) is 8.63. The fourth-order valence-corrected chi connectivity index (χ4v) is 5.93. The van der Waals surface area contributed by atoms with Crippen molar-refractivity contribution in [1.29, 1.82) is 0 Å². The molecule has 4 heteroatoms. The lowest BCUT2D eigenvalue weighted by molar-refractivity contribution is -0.138. The number of piperidine rings is 1. The molecule has 5 rings (SSSR count). The summed E-state index contributed by atoms with van der Waals surface area (Å²) in [6, 6.07) is 4.89. The highest BCUT2D eigenvalue weighted by Crippen LogP contribution is 2.62. The van der Waals surface area contributed by atoms with Gasteiger partial charge in [0.25, 0.3) is 0 Å². The number of hydrogen-bond acceptors (Lipinski definition) is 3. The molecule has 0 amide bonds. The number of benzene rings is 1. The minimum atomic E-state index is -0.236. The Balaban J connectivity index is 1.83. The van der Waals surface area contributed by atoms with Crippen molar-refractivity contribution in [2.45, 2.75) is 43.2 Å². The first-order valence-electron chi connectivity index (χ1n) is 7.84. The minimum absolute atomic E-state index is 0.0425. The van der Waals surface area contributed by atoms with Gasteiger partial charge in [0.2, 0.25) is 0 Å². The molecule has 1 unspecified atom stereocenters. The second-order valence-corrected chi connectivity index (χ2v) is 7.92. The number of rotatable bonds is 0. The third-order valence-corrected chi connectivity index (χ3v) is 6.98. The predicted molar refractivity (Wildman–Crippen MR) is 82.7 cm³/mol. The van der Waals surface area contributed by atoms with Gasteiger partial charge >= 0.3 is 0 Å². The van der Waals surface area contributed by atoms with Gasteiger partial charge in [-0.1, -0.05) is 6.07 Å². The van der Waals surface area contributed by atoms with Gasteiger partial charge in [-0.3, -0.25) is 4.79 Å². The van der Waals surface area contributed by atoms with Gasteiger partial charge in [0.05, 0.1) is 4.47 Å². The largest absolute Gasteiger partial charge is 0.480 e. The monoisotopic (exact) mass is 347 g/mol. The lowest BCUT2D eigenvalue weighted by atomic mass is 9.52. The van der Waals surface area contributed by atoms with Gasteiger partial charge in [-0.25, -0.2) is 0 Å². The van der Waals surface area contributed by atoms with E-state index in [0.717, 1.165) is 36.0 Å². The number of carbonyl (C=O) groups excluding carboxylic acids is 1. The zero-order valence-corrected chi connectivity index (χ0v) is 13.6. The zero-order valence-electron chi connectivity index (χ0n) is 12.1. The maximum atomic E-state index is 12.6. The van der Waals surface area contributed by atoms with Gasteiger partial charge in [0.15, 0.2) is 11.9 Å². The number of likely N-dealkylation sites (N-methyl/N-ethyl adjacent to an activating group) is 1. The molecule has 2 heterocycles. The van der Waals surface area contributed by atoms with Crippen molar-refractivity contribution in [3.63, 3.8) is 0 Å². The lowest BCUT2D eigenvalue weighted by Gasteiger charge is -2.57. The average Bonchev–Trinajstić information content (AvgIpc) is 2.83. The highest BCUT2D eigenvalue weighted by Gasteiger charge is 2.65. The Labute approximate surface area is 132 Å². The Morgan fingerprint density at radius 2 is 2.29 bits per heavy atom. The number of halogens is 1. The molecule has 1 aromatic carbocycles. The summed E-state index contributed by atoms with van der Waals surface area (Å²) in [5.41, 5.74) is 2.72. The molecule has 110 valence electrons. The van der Waals surface area contributed by atoms with Crippen LogP contribution in [0.2, 0.25) is 0 Å². The zero-order chi connectivity index (χ0) is 14.4. The van der Waals surface area contributed by atoms with E-state index in [4.69, 9.17) is 4.74 Å². The summed E-state index contributed by atoms with van der Waals surface area (Å²) < 4.78 is 7.25. The van der Waals surface area contributed by atoms with Gasteiger partial charge < -0.3 is 9.64 Å². The van der Waals surface area contributed by atoms with Crippen LogP contribution in [-0.2, 0) is 16.6 Å². The second kappa shape index (κ2) is 3.90. The minimum Gasteiger partial charge on any atom is -0.480 e. The van der Waals surface area contributed by atoms with Crippen LogP contribution in [-0.4, -0.2) is 36.4 Å². The van der Waals surface area contributed by atoms with Crippen LogP contribution in [0.5, 0.6) is 5.75 Å². The molecule has 0 N–H and O–H groups in total. The van der Waals surface area contributed by atoms with E-state index in [-0.39, 0.29) is 11.5 Å². The molecular formula is C17H18BrNO2. The third-order valence-electron chi connectivity index (χ3n) is 6.36. The molecular weight excluding hydrogens is 330 g/mol. The number of nitrogens with zero attached hydrogens (tertiary/aromatic N) is 1. The van der Waals surface area contributed by atoms with Crippen molar-refractivity contribution < 1.29 is 9.53 Å². The number of carbonyl (C=O) groups is 1. The van der Waals surface area contributed by atoms with Crippen LogP contribution in [0.1, 0.15) is 30.4 Å². The smallest absolute Gasteiger partial charge is 0.174 e. The van der Waals surface area contributed by atoms with Gasteiger partial charge in [-0.2, -0.15) is 0 Å². The number of ether oxygens (including phenoxy) is 1. The number of hydrogen-bond donors (Lipinski definition) is 0. The normalized spacial score (nSPS) is 39.9. The topological polar surface area (TPSA) is 29.5 Å². The average molecular weight is 348 g/mol. The fourth-order valence-electron chi connectivity index (χ4n) is 5.50. The van der Waals surface area contributed by atoms with Crippen molar-refractivity contribution in [3.8, 4) is 5.75 Å². The number of ketones is 1. The van der Waals surface area contributed by atoms with E-state index in [1.54, 1.807) is 0 Å². The molecule has 21 heavy (non-hydrogen) atoms. The Morgan fingerprint density at radius 1 is 1.43 bits per heavy atom. The third kappa shape index (κ3) is 1.32. The Kier molecular flexibility index (Phi) is 2.35. The SMILES string of the molecule is CN1CC[C@]23c4c5ccc(Br)c4OC2C(=O)CC[C@H]3[C@H]1C5. The Morgan fingerprint density at radius 3 is 3.14 bits per heavy atom. The molecule has 3 nitrogen and oxygen atoms in total. The van der Waals surface area contributed by atoms with Crippen molar-refractivity contribution in [2.24, 2.45) is 5.92 Å². The summed E-state index contributed by atoms with van der Waals surface area (Å²) in [6.45, 7) is 1.07. The Bertz CT molecular complexity index is 673. The van der Waals surface area contributed by atoms with Crippen LogP contribution in [0.15, 0.2) is 16.6 Å². The molecule has 2 aliphatic carbocycles. The van der Waals surface area contributed by atoms with E-state index in [9.17, 15) is 4.79 Å². The molecule has 1 spiro atoms. The van der Waals surface area contributed by atoms with Gasteiger partial charge in [-0.15, -0.1) is 0 Å². The first-order chi connectivity index (χ1) is 10.1. The maximum Gasteiger partial charge on any atom is 0.174 e. The van der Waals surface area contributed by atoms with E-state index in [2.05, 4.69) is 40.0 Å². The van der Waals surface area contributed by atoms with Crippen LogP contribution in [0.25, 0.3) is 0 Å². The summed E-state index contributed by atoms with van der Waals surface area (Å²) in [7, 11) is 2.24. The molecule has 2 fully saturated rings. The van der Waals surface area contributed by atoms with Crippen LogP contribution in [0.4, 0.5) is 0 Å². The molecule has 2 bridgehead atoms. The van der Waals surface area contributed by atoms with E-state index in [0.29, 0.717) is 24.2 Å². The summed E-state index contributed by atoms with van der Waals surface area (Å²) >= 11 is 3.63. The predicted octanol–water partition coefficient (Wildman–Crippen LogP) is 2.69. The quantitative estimate of drug-likeness (QED) is 0.722. The number of Topliss-reactive ketones (excluding diaryl/α,β-unsaturated/α-hetero) is 1. The molecule has 0 aromatic heterocycles. The summed E-state index contributed by atoms with van der Waals surface area (Å²) in [6.07, 6.45) is 3.63.